The van der Waals surface area contributed by atoms with Crippen molar-refractivity contribution in [2.45, 2.75) is 12.6 Å². The molecule has 0 spiro atoms. The summed E-state index contributed by atoms with van der Waals surface area (Å²) in [4.78, 5) is 23.4. The number of para-hydroxylation sites is 1. The van der Waals surface area contributed by atoms with E-state index in [4.69, 9.17) is 19.0 Å². The molecule has 2 aromatic rings. The molecule has 2 N–H and O–H groups in total. The summed E-state index contributed by atoms with van der Waals surface area (Å²) in [5.74, 6) is -1.75. The molecule has 1 amide bonds. The summed E-state index contributed by atoms with van der Waals surface area (Å²) in [6.07, 6.45) is 0. The summed E-state index contributed by atoms with van der Waals surface area (Å²) in [5.41, 5.74) is 1.12. The van der Waals surface area contributed by atoms with Gasteiger partial charge in [-0.1, -0.05) is 18.2 Å². The highest BCUT2D eigenvalue weighted by atomic mass is 16.5. The molecule has 0 saturated heterocycles. The molecule has 1 atom stereocenters. The largest absolute Gasteiger partial charge is 0.480 e. The van der Waals surface area contributed by atoms with Gasteiger partial charge in [0.15, 0.2) is 11.8 Å². The number of benzene rings is 1. The summed E-state index contributed by atoms with van der Waals surface area (Å²) in [6, 6.07) is 6.00. The van der Waals surface area contributed by atoms with Crippen LogP contribution in [0, 0.1) is 0 Å². The number of carbonyl (C=O) groups is 2. The average Bonchev–Trinajstić information content (AvgIpc) is 2.86. The predicted molar refractivity (Wildman–Crippen MR) is 77.7 cm³/mol. The van der Waals surface area contributed by atoms with E-state index in [0.29, 0.717) is 11.1 Å². The van der Waals surface area contributed by atoms with Gasteiger partial charge in [-0.3, -0.25) is 4.79 Å². The molecule has 118 valence electrons. The zero-order chi connectivity index (χ0) is 16.1. The SMILES string of the molecule is COCc1c(C(=O)NC(COC)C(=O)O)oc2ccccc12. The van der Waals surface area contributed by atoms with Crippen LogP contribution in [0.2, 0.25) is 0 Å². The van der Waals surface area contributed by atoms with Crippen LogP contribution in [0.25, 0.3) is 11.0 Å². The van der Waals surface area contributed by atoms with Gasteiger partial charge in [0.2, 0.25) is 0 Å². The Kier molecular flexibility index (Phi) is 5.13. The lowest BCUT2D eigenvalue weighted by atomic mass is 10.1. The maximum Gasteiger partial charge on any atom is 0.328 e. The highest BCUT2D eigenvalue weighted by Crippen LogP contribution is 2.26. The fourth-order valence-corrected chi connectivity index (χ4v) is 2.14. The van der Waals surface area contributed by atoms with Gasteiger partial charge in [-0.2, -0.15) is 0 Å². The van der Waals surface area contributed by atoms with E-state index in [1.165, 1.54) is 14.2 Å². The second kappa shape index (κ2) is 7.06. The van der Waals surface area contributed by atoms with Gasteiger partial charge in [0.25, 0.3) is 5.91 Å². The van der Waals surface area contributed by atoms with Gasteiger partial charge in [-0.15, -0.1) is 0 Å². The third kappa shape index (κ3) is 3.26. The van der Waals surface area contributed by atoms with Gasteiger partial charge < -0.3 is 24.3 Å². The number of carbonyl (C=O) groups excluding carboxylic acids is 1. The predicted octanol–water partition coefficient (Wildman–Crippen LogP) is 1.41. The Bertz CT molecular complexity index is 678. The molecular formula is C15H17NO6. The summed E-state index contributed by atoms with van der Waals surface area (Å²) in [7, 11) is 2.87. The minimum Gasteiger partial charge on any atom is -0.480 e. The minimum atomic E-state index is -1.18. The first-order valence-corrected chi connectivity index (χ1v) is 6.60. The number of ether oxygens (including phenoxy) is 2. The third-order valence-electron chi connectivity index (χ3n) is 3.13. The van der Waals surface area contributed by atoms with Crippen LogP contribution >= 0.6 is 0 Å². The van der Waals surface area contributed by atoms with Crippen LogP contribution in [0.3, 0.4) is 0 Å². The number of fused-ring (bicyclic) bond motifs is 1. The minimum absolute atomic E-state index is 0.0467. The highest BCUT2D eigenvalue weighted by molar-refractivity contribution is 6.00. The summed E-state index contributed by atoms with van der Waals surface area (Å²) in [6.45, 7) is 0.0443. The molecule has 1 unspecified atom stereocenters. The summed E-state index contributed by atoms with van der Waals surface area (Å²) >= 11 is 0. The van der Waals surface area contributed by atoms with Gasteiger partial charge in [0.1, 0.15) is 5.58 Å². The maximum atomic E-state index is 12.3. The van der Waals surface area contributed by atoms with Crippen molar-refractivity contribution < 1.29 is 28.6 Å². The molecule has 0 bridgehead atoms. The van der Waals surface area contributed by atoms with Gasteiger partial charge in [-0.25, -0.2) is 4.79 Å². The van der Waals surface area contributed by atoms with Crippen molar-refractivity contribution in [3.05, 3.63) is 35.6 Å². The molecule has 1 aromatic carbocycles. The monoisotopic (exact) mass is 307 g/mol. The molecule has 0 aliphatic heterocycles. The van der Waals surface area contributed by atoms with Crippen LogP contribution in [0.5, 0.6) is 0 Å². The number of hydrogen-bond donors (Lipinski definition) is 2. The quantitative estimate of drug-likeness (QED) is 0.802. The van der Waals surface area contributed by atoms with E-state index in [-0.39, 0.29) is 19.0 Å². The van der Waals surface area contributed by atoms with Crippen molar-refractivity contribution in [3.63, 3.8) is 0 Å². The Hall–Kier alpha value is -2.38. The van der Waals surface area contributed by atoms with E-state index in [0.717, 1.165) is 5.39 Å². The molecule has 2 rings (SSSR count). The molecule has 7 nitrogen and oxygen atoms in total. The second-order valence-corrected chi connectivity index (χ2v) is 4.66. The van der Waals surface area contributed by atoms with Gasteiger partial charge in [0, 0.05) is 25.2 Å². The Morgan fingerprint density at radius 2 is 2.00 bits per heavy atom. The van der Waals surface area contributed by atoms with E-state index in [1.807, 2.05) is 12.1 Å². The zero-order valence-corrected chi connectivity index (χ0v) is 12.3. The van der Waals surface area contributed by atoms with Gasteiger partial charge >= 0.3 is 5.97 Å². The van der Waals surface area contributed by atoms with E-state index >= 15 is 0 Å². The lowest BCUT2D eigenvalue weighted by Gasteiger charge is -2.12. The van der Waals surface area contributed by atoms with Crippen LogP contribution in [0.15, 0.2) is 28.7 Å². The number of nitrogens with one attached hydrogen (secondary N) is 1. The van der Waals surface area contributed by atoms with Crippen molar-refractivity contribution in [2.75, 3.05) is 20.8 Å². The molecule has 1 aromatic heterocycles. The molecule has 22 heavy (non-hydrogen) atoms. The Morgan fingerprint density at radius 1 is 1.27 bits per heavy atom. The van der Waals surface area contributed by atoms with E-state index in [2.05, 4.69) is 5.32 Å². The number of carboxylic acid groups (broad SMARTS) is 1. The van der Waals surface area contributed by atoms with Crippen molar-refractivity contribution in [3.8, 4) is 0 Å². The molecule has 0 radical (unpaired) electrons. The average molecular weight is 307 g/mol. The number of carboxylic acids is 1. The molecule has 0 fully saturated rings. The number of amides is 1. The van der Waals surface area contributed by atoms with Crippen LogP contribution in [0.1, 0.15) is 16.1 Å². The number of rotatable bonds is 7. The van der Waals surface area contributed by atoms with Crippen molar-refractivity contribution in [1.82, 2.24) is 5.32 Å². The fourth-order valence-electron chi connectivity index (χ4n) is 2.14. The zero-order valence-electron chi connectivity index (χ0n) is 12.3. The number of hydrogen-bond acceptors (Lipinski definition) is 5. The van der Waals surface area contributed by atoms with E-state index < -0.39 is 17.9 Å². The second-order valence-electron chi connectivity index (χ2n) is 4.66. The molecule has 7 heteroatoms. The van der Waals surface area contributed by atoms with Crippen molar-refractivity contribution in [2.24, 2.45) is 0 Å². The Labute approximate surface area is 126 Å². The van der Waals surface area contributed by atoms with Crippen molar-refractivity contribution >= 4 is 22.8 Å². The van der Waals surface area contributed by atoms with E-state index in [1.54, 1.807) is 12.1 Å². The Morgan fingerprint density at radius 3 is 2.64 bits per heavy atom. The standard InChI is InChI=1S/C15H17NO6/c1-20-7-10-9-5-3-4-6-12(9)22-13(10)14(17)16-11(8-21-2)15(18)19/h3-6,11H,7-8H2,1-2H3,(H,16,17)(H,18,19). The lowest BCUT2D eigenvalue weighted by molar-refractivity contribution is -0.140. The van der Waals surface area contributed by atoms with Crippen LogP contribution in [-0.4, -0.2) is 43.9 Å². The van der Waals surface area contributed by atoms with E-state index in [9.17, 15) is 9.59 Å². The first-order valence-electron chi connectivity index (χ1n) is 6.60. The third-order valence-corrected chi connectivity index (χ3v) is 3.13. The Balaban J connectivity index is 2.34. The smallest absolute Gasteiger partial charge is 0.328 e. The summed E-state index contributed by atoms with van der Waals surface area (Å²) in [5, 5.41) is 12.2. The molecule has 0 aliphatic carbocycles. The van der Waals surface area contributed by atoms with Crippen molar-refractivity contribution in [1.29, 1.82) is 0 Å². The molecule has 0 saturated carbocycles. The molecule has 0 aliphatic rings. The van der Waals surface area contributed by atoms with Crippen LogP contribution < -0.4 is 5.32 Å². The highest BCUT2D eigenvalue weighted by Gasteiger charge is 2.25. The van der Waals surface area contributed by atoms with Gasteiger partial charge in [-0.05, 0) is 6.07 Å². The molecular weight excluding hydrogens is 290 g/mol. The number of aliphatic carboxylic acids is 1. The van der Waals surface area contributed by atoms with Gasteiger partial charge in [0.05, 0.1) is 13.2 Å². The number of methoxy groups -OCH3 is 2. The first-order chi connectivity index (χ1) is 10.6. The van der Waals surface area contributed by atoms with Crippen LogP contribution in [-0.2, 0) is 20.9 Å². The molecule has 1 heterocycles. The lowest BCUT2D eigenvalue weighted by Crippen LogP contribution is -2.43. The van der Waals surface area contributed by atoms with Crippen LogP contribution in [0.4, 0.5) is 0 Å². The first kappa shape index (κ1) is 16.0. The maximum absolute atomic E-state index is 12.3. The fraction of sp³-hybridized carbons (Fsp3) is 0.333. The number of furan rings is 1. The summed E-state index contributed by atoms with van der Waals surface area (Å²) < 4.78 is 15.4. The topological polar surface area (TPSA) is 98.0 Å². The normalized spacial score (nSPS) is 12.3.